The summed E-state index contributed by atoms with van der Waals surface area (Å²) in [6, 6.07) is 5.69. The molecule has 0 saturated carbocycles. The van der Waals surface area contributed by atoms with Gasteiger partial charge in [-0.25, -0.2) is 0 Å². The van der Waals surface area contributed by atoms with Crippen LogP contribution in [0.1, 0.15) is 11.1 Å². The Morgan fingerprint density at radius 1 is 0.909 bits per heavy atom. The lowest BCUT2D eigenvalue weighted by molar-refractivity contribution is 1.03. The first-order chi connectivity index (χ1) is 5.26. The van der Waals surface area contributed by atoms with Gasteiger partial charge in [0.25, 0.3) is 0 Å². The molecule has 1 aromatic carbocycles. The van der Waals surface area contributed by atoms with Gasteiger partial charge in [0.1, 0.15) is 0 Å². The first-order valence-corrected chi connectivity index (χ1v) is 3.54. The molecule has 60 valence electrons. The number of hydrogen-bond donors (Lipinski definition) is 3. The van der Waals surface area contributed by atoms with Crippen molar-refractivity contribution in [1.29, 1.82) is 0 Å². The molecule has 1 rings (SSSR count). The van der Waals surface area contributed by atoms with E-state index in [1.54, 1.807) is 0 Å². The molecule has 0 amide bonds. The summed E-state index contributed by atoms with van der Waals surface area (Å²) < 4.78 is 0. The van der Waals surface area contributed by atoms with E-state index in [4.69, 9.17) is 17.2 Å². The molecule has 6 N–H and O–H groups in total. The zero-order valence-corrected chi connectivity index (χ0v) is 6.38. The molecule has 0 fully saturated rings. The van der Waals surface area contributed by atoms with E-state index in [1.165, 1.54) is 0 Å². The van der Waals surface area contributed by atoms with E-state index < -0.39 is 0 Å². The maximum absolute atomic E-state index is 5.60. The van der Waals surface area contributed by atoms with E-state index in [0.717, 1.165) is 16.8 Å². The summed E-state index contributed by atoms with van der Waals surface area (Å²) in [4.78, 5) is 0. The molecule has 0 aliphatic carbocycles. The molecule has 0 aliphatic heterocycles. The van der Waals surface area contributed by atoms with Crippen molar-refractivity contribution in [3.63, 3.8) is 0 Å². The van der Waals surface area contributed by atoms with Gasteiger partial charge in [-0.1, -0.05) is 6.07 Å². The second-order valence-electron chi connectivity index (χ2n) is 2.49. The van der Waals surface area contributed by atoms with Crippen molar-refractivity contribution < 1.29 is 0 Å². The lowest BCUT2D eigenvalue weighted by Crippen LogP contribution is -2.02. The molecule has 11 heavy (non-hydrogen) atoms. The van der Waals surface area contributed by atoms with Gasteiger partial charge in [-0.3, -0.25) is 0 Å². The Kier molecular flexibility index (Phi) is 2.46. The minimum Gasteiger partial charge on any atom is -0.399 e. The van der Waals surface area contributed by atoms with Crippen LogP contribution < -0.4 is 17.2 Å². The fraction of sp³-hybridized carbons (Fsp3) is 0.250. The SMILES string of the molecule is NCc1cc(N)cc(CN)c1. The maximum Gasteiger partial charge on any atom is 0.0320 e. The fourth-order valence-corrected chi connectivity index (χ4v) is 1.03. The van der Waals surface area contributed by atoms with E-state index in [-0.39, 0.29) is 0 Å². The molecule has 0 saturated heterocycles. The molecule has 0 aromatic heterocycles. The third-order valence-electron chi connectivity index (χ3n) is 1.55. The van der Waals surface area contributed by atoms with Gasteiger partial charge in [0, 0.05) is 18.8 Å². The quantitative estimate of drug-likeness (QED) is 0.528. The molecule has 0 atom stereocenters. The number of anilines is 1. The third-order valence-corrected chi connectivity index (χ3v) is 1.55. The summed E-state index contributed by atoms with van der Waals surface area (Å²) in [5.74, 6) is 0. The van der Waals surface area contributed by atoms with E-state index >= 15 is 0 Å². The normalized spacial score (nSPS) is 10.0. The van der Waals surface area contributed by atoms with Gasteiger partial charge >= 0.3 is 0 Å². The minimum absolute atomic E-state index is 0.512. The van der Waals surface area contributed by atoms with Gasteiger partial charge in [-0.2, -0.15) is 0 Å². The zero-order chi connectivity index (χ0) is 8.27. The van der Waals surface area contributed by atoms with Crippen LogP contribution in [0.5, 0.6) is 0 Å². The summed E-state index contributed by atoms with van der Waals surface area (Å²) in [5.41, 5.74) is 19.3. The molecule has 0 spiro atoms. The Morgan fingerprint density at radius 2 is 1.36 bits per heavy atom. The van der Waals surface area contributed by atoms with Gasteiger partial charge in [0.05, 0.1) is 0 Å². The summed E-state index contributed by atoms with van der Waals surface area (Å²) in [7, 11) is 0. The van der Waals surface area contributed by atoms with Crippen molar-refractivity contribution in [3.05, 3.63) is 29.3 Å². The maximum atomic E-state index is 5.60. The molecule has 3 heteroatoms. The highest BCUT2D eigenvalue weighted by Crippen LogP contribution is 2.10. The first kappa shape index (κ1) is 8.04. The van der Waals surface area contributed by atoms with Crippen LogP contribution in [0, 0.1) is 0 Å². The predicted molar refractivity (Wildman–Crippen MR) is 46.6 cm³/mol. The van der Waals surface area contributed by atoms with Crippen molar-refractivity contribution in [1.82, 2.24) is 0 Å². The van der Waals surface area contributed by atoms with Crippen molar-refractivity contribution >= 4 is 5.69 Å². The van der Waals surface area contributed by atoms with E-state index in [1.807, 2.05) is 18.2 Å². The van der Waals surface area contributed by atoms with Crippen LogP contribution in [-0.4, -0.2) is 0 Å². The Bertz CT molecular complexity index is 223. The molecule has 0 heterocycles. The number of rotatable bonds is 2. The molecule has 0 aliphatic rings. The van der Waals surface area contributed by atoms with Crippen LogP contribution in [0.15, 0.2) is 18.2 Å². The van der Waals surface area contributed by atoms with Gasteiger partial charge in [0.15, 0.2) is 0 Å². The number of nitrogen functional groups attached to an aromatic ring is 1. The van der Waals surface area contributed by atoms with E-state index in [9.17, 15) is 0 Å². The highest BCUT2D eigenvalue weighted by atomic mass is 14.6. The van der Waals surface area contributed by atoms with Crippen LogP contribution in [0.25, 0.3) is 0 Å². The van der Waals surface area contributed by atoms with Crippen LogP contribution in [0.2, 0.25) is 0 Å². The smallest absolute Gasteiger partial charge is 0.0320 e. The van der Waals surface area contributed by atoms with E-state index in [2.05, 4.69) is 0 Å². The summed E-state index contributed by atoms with van der Waals surface area (Å²) in [6.45, 7) is 1.02. The van der Waals surface area contributed by atoms with E-state index in [0.29, 0.717) is 13.1 Å². The highest BCUT2D eigenvalue weighted by Gasteiger charge is 1.94. The zero-order valence-electron chi connectivity index (χ0n) is 6.38. The van der Waals surface area contributed by atoms with Crippen LogP contribution in [0.3, 0.4) is 0 Å². The molecular weight excluding hydrogens is 138 g/mol. The third kappa shape index (κ3) is 1.93. The van der Waals surface area contributed by atoms with Crippen molar-refractivity contribution in [2.75, 3.05) is 5.73 Å². The summed E-state index contributed by atoms with van der Waals surface area (Å²) in [6.07, 6.45) is 0. The van der Waals surface area contributed by atoms with Gasteiger partial charge in [-0.05, 0) is 23.3 Å². The van der Waals surface area contributed by atoms with Gasteiger partial charge in [0.2, 0.25) is 0 Å². The largest absolute Gasteiger partial charge is 0.399 e. The minimum atomic E-state index is 0.512. The average molecular weight is 151 g/mol. The van der Waals surface area contributed by atoms with Gasteiger partial charge in [-0.15, -0.1) is 0 Å². The Hall–Kier alpha value is -1.06. The molecule has 0 bridgehead atoms. The molecule has 0 unspecified atom stereocenters. The molecule has 1 aromatic rings. The average Bonchev–Trinajstić information content (AvgIpc) is 2.03. The van der Waals surface area contributed by atoms with Crippen LogP contribution >= 0.6 is 0 Å². The fourth-order valence-electron chi connectivity index (χ4n) is 1.03. The topological polar surface area (TPSA) is 78.1 Å². The second kappa shape index (κ2) is 3.37. The number of hydrogen-bond acceptors (Lipinski definition) is 3. The molecular formula is C8H13N3. The summed E-state index contributed by atoms with van der Waals surface area (Å²) >= 11 is 0. The molecule has 0 radical (unpaired) electrons. The monoisotopic (exact) mass is 151 g/mol. The first-order valence-electron chi connectivity index (χ1n) is 3.54. The number of benzene rings is 1. The Labute approximate surface area is 66.2 Å². The summed E-state index contributed by atoms with van der Waals surface area (Å²) in [5, 5.41) is 0. The number of nitrogens with two attached hydrogens (primary N) is 3. The molecule has 3 nitrogen and oxygen atoms in total. The Morgan fingerprint density at radius 3 is 1.73 bits per heavy atom. The van der Waals surface area contributed by atoms with Crippen LogP contribution in [0.4, 0.5) is 5.69 Å². The van der Waals surface area contributed by atoms with Gasteiger partial charge < -0.3 is 17.2 Å². The Balaban J connectivity index is 3.02. The standard InChI is InChI=1S/C8H13N3/c9-4-6-1-7(5-10)3-8(11)2-6/h1-3H,4-5,9-11H2. The van der Waals surface area contributed by atoms with Crippen molar-refractivity contribution in [3.8, 4) is 0 Å². The lowest BCUT2D eigenvalue weighted by atomic mass is 10.1. The van der Waals surface area contributed by atoms with Crippen molar-refractivity contribution in [2.24, 2.45) is 11.5 Å². The highest BCUT2D eigenvalue weighted by molar-refractivity contribution is 5.44. The van der Waals surface area contributed by atoms with Crippen LogP contribution in [-0.2, 0) is 13.1 Å². The predicted octanol–water partition coefficient (Wildman–Crippen LogP) is 0.186. The lowest BCUT2D eigenvalue weighted by Gasteiger charge is -2.02. The van der Waals surface area contributed by atoms with Crippen molar-refractivity contribution in [2.45, 2.75) is 13.1 Å². The second-order valence-corrected chi connectivity index (χ2v) is 2.49.